The van der Waals surface area contributed by atoms with Gasteiger partial charge in [-0.05, 0) is 37.1 Å². The standard InChI is InChI=1S/C32H40IN7O5S/c1-32(2,3)24-20-46-30(35-24)37-28(42)21-11-14-39-26(18-21)36-27(23(29(39)43)9-10-25(33)41)38-13-7-8-22(19-38)45-31(44)34-12-17-40(4)15-5-6-16-40/h9-11,14,18,20,22H,5-8,12-13,15-17,19H2,1-4H3,(H-,34,35,37,42,44)/p+1/b10-9+/t22-/m1/s1. The molecule has 2 amide bonds. The van der Waals surface area contributed by atoms with Gasteiger partial charge >= 0.3 is 6.09 Å². The molecule has 5 rings (SSSR count). The highest BCUT2D eigenvalue weighted by atomic mass is 127. The Kier molecular flexibility index (Phi) is 10.5. The lowest BCUT2D eigenvalue weighted by molar-refractivity contribution is -0.896. The zero-order valence-electron chi connectivity index (χ0n) is 26.7. The molecule has 0 bridgehead atoms. The van der Waals surface area contributed by atoms with Crippen LogP contribution in [0.1, 0.15) is 68.1 Å². The molecule has 1 atom stereocenters. The number of likely N-dealkylation sites (tertiary alicyclic amines) is 1. The number of nitrogens with zero attached hydrogens (tertiary/aromatic N) is 5. The Morgan fingerprint density at radius 2 is 1.96 bits per heavy atom. The van der Waals surface area contributed by atoms with E-state index in [-0.39, 0.29) is 31.9 Å². The van der Waals surface area contributed by atoms with E-state index in [1.165, 1.54) is 46.9 Å². The van der Waals surface area contributed by atoms with E-state index < -0.39 is 12.2 Å². The topological polar surface area (TPSA) is 135 Å². The van der Waals surface area contributed by atoms with Crippen molar-refractivity contribution in [3.8, 4) is 0 Å². The number of thiazole rings is 1. The highest BCUT2D eigenvalue weighted by Gasteiger charge is 2.29. The van der Waals surface area contributed by atoms with Crippen LogP contribution in [0.25, 0.3) is 11.7 Å². The van der Waals surface area contributed by atoms with Crippen molar-refractivity contribution in [2.75, 3.05) is 56.5 Å². The summed E-state index contributed by atoms with van der Waals surface area (Å²) in [5.74, 6) is -0.00266. The van der Waals surface area contributed by atoms with Gasteiger partial charge in [-0.1, -0.05) is 20.8 Å². The van der Waals surface area contributed by atoms with Gasteiger partial charge in [0.2, 0.25) is 3.79 Å². The van der Waals surface area contributed by atoms with Crippen LogP contribution in [0.2, 0.25) is 0 Å². The van der Waals surface area contributed by atoms with Crippen LogP contribution in [0.4, 0.5) is 15.7 Å². The third kappa shape index (κ3) is 8.31. The first-order valence-electron chi connectivity index (χ1n) is 15.6. The summed E-state index contributed by atoms with van der Waals surface area (Å²) < 4.78 is 7.86. The van der Waals surface area contributed by atoms with Crippen LogP contribution < -0.4 is 21.1 Å². The van der Waals surface area contributed by atoms with Gasteiger partial charge in [0.15, 0.2) is 5.13 Å². The number of pyridine rings is 1. The van der Waals surface area contributed by atoms with Crippen molar-refractivity contribution in [3.05, 3.63) is 57.0 Å². The molecule has 2 aliphatic rings. The van der Waals surface area contributed by atoms with Crippen LogP contribution in [0.15, 0.2) is 34.6 Å². The van der Waals surface area contributed by atoms with Crippen molar-refractivity contribution >= 4 is 72.4 Å². The van der Waals surface area contributed by atoms with E-state index in [9.17, 15) is 19.2 Å². The number of allylic oxidation sites excluding steroid dienone is 1. The minimum Gasteiger partial charge on any atom is -0.444 e. The highest BCUT2D eigenvalue weighted by molar-refractivity contribution is 14.1. The Bertz CT molecular complexity index is 1710. The number of hydrogen-bond donors (Lipinski definition) is 2. The summed E-state index contributed by atoms with van der Waals surface area (Å²) in [6.45, 7) is 10.8. The van der Waals surface area contributed by atoms with E-state index in [2.05, 4.69) is 43.4 Å². The van der Waals surface area contributed by atoms with Gasteiger partial charge < -0.3 is 19.4 Å². The van der Waals surface area contributed by atoms with Gasteiger partial charge in [-0.25, -0.2) is 14.8 Å². The van der Waals surface area contributed by atoms with Gasteiger partial charge in [-0.15, -0.1) is 11.3 Å². The molecule has 0 saturated carbocycles. The maximum atomic E-state index is 13.7. The monoisotopic (exact) mass is 762 g/mol. The van der Waals surface area contributed by atoms with Crippen molar-refractivity contribution in [3.63, 3.8) is 0 Å². The fraction of sp³-hybridized carbons (Fsp3) is 0.500. The largest absolute Gasteiger partial charge is 0.444 e. The summed E-state index contributed by atoms with van der Waals surface area (Å²) in [4.78, 5) is 62.6. The van der Waals surface area contributed by atoms with E-state index in [0.29, 0.717) is 42.6 Å². The molecule has 2 aliphatic heterocycles. The summed E-state index contributed by atoms with van der Waals surface area (Å²) >= 11 is 3.00. The van der Waals surface area contributed by atoms with Crippen LogP contribution in [-0.2, 0) is 14.9 Å². The smallest absolute Gasteiger partial charge is 0.407 e. The van der Waals surface area contributed by atoms with E-state index in [0.717, 1.165) is 36.2 Å². The number of halogens is 1. The van der Waals surface area contributed by atoms with Crippen LogP contribution >= 0.6 is 33.9 Å². The second-order valence-electron chi connectivity index (χ2n) is 13.2. The minimum absolute atomic E-state index is 0.146. The number of nitrogens with one attached hydrogen (secondary N) is 2. The number of likely N-dealkylation sites (N-methyl/N-ethyl adjacent to an activating group) is 1. The Morgan fingerprint density at radius 3 is 2.65 bits per heavy atom. The molecule has 0 spiro atoms. The van der Waals surface area contributed by atoms with Crippen molar-refractivity contribution in [1.29, 1.82) is 0 Å². The van der Waals surface area contributed by atoms with Gasteiger partial charge in [-0.2, -0.15) is 0 Å². The molecule has 14 heteroatoms. The van der Waals surface area contributed by atoms with Crippen molar-refractivity contribution in [2.45, 2.75) is 58.0 Å². The summed E-state index contributed by atoms with van der Waals surface area (Å²) in [5, 5.41) is 8.16. The van der Waals surface area contributed by atoms with E-state index in [1.807, 2.05) is 10.3 Å². The molecule has 3 aromatic heterocycles. The Hall–Kier alpha value is -3.37. The molecule has 3 aromatic rings. The number of fused-ring (bicyclic) bond motifs is 1. The lowest BCUT2D eigenvalue weighted by Crippen LogP contribution is -2.47. The Morgan fingerprint density at radius 1 is 1.20 bits per heavy atom. The molecule has 0 aliphatic carbocycles. The maximum absolute atomic E-state index is 13.7. The molecule has 12 nitrogen and oxygen atoms in total. The second-order valence-corrected chi connectivity index (χ2v) is 15.1. The van der Waals surface area contributed by atoms with Gasteiger partial charge in [0.25, 0.3) is 11.5 Å². The van der Waals surface area contributed by atoms with Gasteiger partial charge in [0, 0.05) is 64.5 Å². The molecule has 0 unspecified atom stereocenters. The molecule has 2 fully saturated rings. The maximum Gasteiger partial charge on any atom is 0.407 e. The molecule has 0 radical (unpaired) electrons. The molecule has 0 aromatic carbocycles. The number of anilines is 2. The minimum atomic E-state index is -0.453. The fourth-order valence-corrected chi connectivity index (χ4v) is 6.94. The van der Waals surface area contributed by atoms with Crippen molar-refractivity contribution < 1.29 is 23.6 Å². The SMILES string of the molecule is CC(C)(C)c1csc(NC(=O)c2ccn3c(=O)c(/C=C/C(=O)I)c(N4CCC[C@@H](OC(=O)NCC[N+]5(C)CCCC5)C4)nc3c2)n1. The van der Waals surface area contributed by atoms with E-state index >= 15 is 0 Å². The molecular weight excluding hydrogens is 721 g/mol. The number of hydrogen-bond acceptors (Lipinski definition) is 9. The molecular formula is C32H41IN7O5S+. The van der Waals surface area contributed by atoms with Gasteiger partial charge in [0.05, 0.1) is 51.0 Å². The molecule has 246 valence electrons. The number of ether oxygens (including phenoxy) is 1. The van der Waals surface area contributed by atoms with Crippen molar-refractivity contribution in [1.82, 2.24) is 19.7 Å². The molecule has 46 heavy (non-hydrogen) atoms. The Labute approximate surface area is 286 Å². The van der Waals surface area contributed by atoms with Crippen LogP contribution in [0.3, 0.4) is 0 Å². The average Bonchev–Trinajstić information content (AvgIpc) is 3.66. The number of carbonyl (C=O) groups excluding carboxylic acids is 3. The number of aromatic nitrogens is 3. The number of carbonyl (C=O) groups is 3. The quantitative estimate of drug-likeness (QED) is 0.140. The van der Waals surface area contributed by atoms with Gasteiger partial charge in [0.1, 0.15) is 17.6 Å². The number of amides is 2. The van der Waals surface area contributed by atoms with Gasteiger partial charge in [-0.3, -0.25) is 24.1 Å². The number of rotatable bonds is 9. The predicted molar refractivity (Wildman–Crippen MR) is 188 cm³/mol. The summed E-state index contributed by atoms with van der Waals surface area (Å²) in [7, 11) is 2.22. The first-order chi connectivity index (χ1) is 21.8. The Balaban J connectivity index is 1.35. The van der Waals surface area contributed by atoms with Crippen LogP contribution in [0, 0.1) is 0 Å². The van der Waals surface area contributed by atoms with Crippen LogP contribution in [0.5, 0.6) is 0 Å². The molecule has 2 saturated heterocycles. The number of piperidine rings is 1. The zero-order valence-corrected chi connectivity index (χ0v) is 29.7. The average molecular weight is 763 g/mol. The zero-order chi connectivity index (χ0) is 33.1. The normalized spacial score (nSPS) is 18.2. The third-order valence-electron chi connectivity index (χ3n) is 8.50. The molecule has 5 heterocycles. The first kappa shape index (κ1) is 34.0. The number of quaternary nitrogens is 1. The van der Waals surface area contributed by atoms with E-state index in [4.69, 9.17) is 9.72 Å². The fourth-order valence-electron chi connectivity index (χ4n) is 5.83. The highest BCUT2D eigenvalue weighted by Crippen LogP contribution is 2.27. The van der Waals surface area contributed by atoms with Crippen molar-refractivity contribution in [2.24, 2.45) is 0 Å². The third-order valence-corrected chi connectivity index (χ3v) is 9.62. The lowest BCUT2D eigenvalue weighted by Gasteiger charge is -2.34. The summed E-state index contributed by atoms with van der Waals surface area (Å²) in [6, 6.07) is 3.11. The number of alkyl carbamates (subject to hydrolysis) is 1. The first-order valence-corrected chi connectivity index (χ1v) is 17.5. The summed E-state index contributed by atoms with van der Waals surface area (Å²) in [5.41, 5.74) is 1.19. The second kappa shape index (κ2) is 14.2. The summed E-state index contributed by atoms with van der Waals surface area (Å²) in [6.07, 6.45) is 7.28. The predicted octanol–water partition coefficient (Wildman–Crippen LogP) is 4.61. The molecule has 2 N–H and O–H groups in total. The van der Waals surface area contributed by atoms with Crippen LogP contribution in [-0.4, -0.2) is 87.1 Å². The van der Waals surface area contributed by atoms with E-state index in [1.54, 1.807) is 34.7 Å². The lowest BCUT2D eigenvalue weighted by atomic mass is 9.93.